The second-order valence-corrected chi connectivity index (χ2v) is 5.40. The molecule has 0 spiro atoms. The van der Waals surface area contributed by atoms with E-state index in [0.29, 0.717) is 0 Å². The standard InChI is InChI=1S/C14H14BrClN2/c1-10(12-3-2-6-17-9-12)18-8-11-4-5-13(15)14(16)7-11/h2-7,9-10,18H,8H2,1H3/t10-/m0/s1. The van der Waals surface area contributed by atoms with E-state index in [1.807, 2.05) is 24.4 Å². The van der Waals surface area contributed by atoms with Gasteiger partial charge in [-0.1, -0.05) is 23.7 Å². The van der Waals surface area contributed by atoms with Crippen LogP contribution < -0.4 is 5.32 Å². The van der Waals surface area contributed by atoms with E-state index in [1.165, 1.54) is 11.1 Å². The molecule has 0 fully saturated rings. The number of halogens is 2. The molecule has 0 aliphatic rings. The smallest absolute Gasteiger partial charge is 0.0551 e. The Hall–Kier alpha value is -0.900. The van der Waals surface area contributed by atoms with Gasteiger partial charge in [-0.2, -0.15) is 0 Å². The van der Waals surface area contributed by atoms with Gasteiger partial charge in [-0.05, 0) is 52.2 Å². The van der Waals surface area contributed by atoms with Crippen LogP contribution in [0, 0.1) is 0 Å². The van der Waals surface area contributed by atoms with Crippen molar-refractivity contribution < 1.29 is 0 Å². The molecule has 0 saturated carbocycles. The lowest BCUT2D eigenvalue weighted by atomic mass is 10.1. The summed E-state index contributed by atoms with van der Waals surface area (Å²) in [5, 5.41) is 4.19. The molecule has 0 aliphatic carbocycles. The van der Waals surface area contributed by atoms with E-state index >= 15 is 0 Å². The second-order valence-electron chi connectivity index (χ2n) is 4.14. The fraction of sp³-hybridized carbons (Fsp3) is 0.214. The highest BCUT2D eigenvalue weighted by Crippen LogP contribution is 2.23. The summed E-state index contributed by atoms with van der Waals surface area (Å²) in [5.41, 5.74) is 2.35. The molecule has 0 bridgehead atoms. The maximum absolute atomic E-state index is 6.06. The van der Waals surface area contributed by atoms with Crippen LogP contribution in [0.5, 0.6) is 0 Å². The van der Waals surface area contributed by atoms with Gasteiger partial charge in [-0.3, -0.25) is 4.98 Å². The number of pyridine rings is 1. The third-order valence-corrected chi connectivity index (χ3v) is 4.01. The summed E-state index contributed by atoms with van der Waals surface area (Å²) in [7, 11) is 0. The molecule has 0 unspecified atom stereocenters. The lowest BCUT2D eigenvalue weighted by Gasteiger charge is -2.14. The minimum Gasteiger partial charge on any atom is -0.306 e. The summed E-state index contributed by atoms with van der Waals surface area (Å²) in [4.78, 5) is 4.12. The highest BCUT2D eigenvalue weighted by Gasteiger charge is 2.05. The number of nitrogens with zero attached hydrogens (tertiary/aromatic N) is 1. The normalized spacial score (nSPS) is 12.4. The van der Waals surface area contributed by atoms with Crippen molar-refractivity contribution in [1.82, 2.24) is 10.3 Å². The molecule has 1 aromatic carbocycles. The maximum Gasteiger partial charge on any atom is 0.0551 e. The third-order valence-electron chi connectivity index (χ3n) is 2.78. The van der Waals surface area contributed by atoms with Gasteiger partial charge in [-0.15, -0.1) is 0 Å². The Morgan fingerprint density at radius 1 is 1.39 bits per heavy atom. The van der Waals surface area contributed by atoms with E-state index in [9.17, 15) is 0 Å². The molecular formula is C14H14BrClN2. The van der Waals surface area contributed by atoms with Crippen LogP contribution in [0.1, 0.15) is 24.1 Å². The van der Waals surface area contributed by atoms with Crippen LogP contribution in [0.4, 0.5) is 0 Å². The van der Waals surface area contributed by atoms with Gasteiger partial charge in [0.2, 0.25) is 0 Å². The molecule has 94 valence electrons. The minimum absolute atomic E-state index is 0.265. The van der Waals surface area contributed by atoms with Crippen molar-refractivity contribution in [2.75, 3.05) is 0 Å². The van der Waals surface area contributed by atoms with Crippen LogP contribution in [-0.2, 0) is 6.54 Å². The molecule has 0 saturated heterocycles. The molecular weight excluding hydrogens is 312 g/mol. The first kappa shape index (κ1) is 13.5. The lowest BCUT2D eigenvalue weighted by Crippen LogP contribution is -2.18. The van der Waals surface area contributed by atoms with E-state index in [1.54, 1.807) is 6.20 Å². The molecule has 0 radical (unpaired) electrons. The maximum atomic E-state index is 6.06. The summed E-state index contributed by atoms with van der Waals surface area (Å²) in [5.74, 6) is 0. The van der Waals surface area contributed by atoms with E-state index in [-0.39, 0.29) is 6.04 Å². The van der Waals surface area contributed by atoms with Crippen LogP contribution in [0.3, 0.4) is 0 Å². The fourth-order valence-corrected chi connectivity index (χ4v) is 2.12. The Labute approximate surface area is 121 Å². The Morgan fingerprint density at radius 3 is 2.89 bits per heavy atom. The fourth-order valence-electron chi connectivity index (χ4n) is 1.67. The highest BCUT2D eigenvalue weighted by molar-refractivity contribution is 9.10. The zero-order valence-corrected chi connectivity index (χ0v) is 12.4. The SMILES string of the molecule is C[C@H](NCc1ccc(Br)c(Cl)c1)c1cccnc1. The van der Waals surface area contributed by atoms with E-state index < -0.39 is 0 Å². The summed E-state index contributed by atoms with van der Waals surface area (Å²) >= 11 is 9.45. The number of hydrogen-bond acceptors (Lipinski definition) is 2. The molecule has 1 N–H and O–H groups in total. The first-order chi connectivity index (χ1) is 8.66. The quantitative estimate of drug-likeness (QED) is 0.904. The van der Waals surface area contributed by atoms with Gasteiger partial charge < -0.3 is 5.32 Å². The van der Waals surface area contributed by atoms with Crippen LogP contribution >= 0.6 is 27.5 Å². The molecule has 2 nitrogen and oxygen atoms in total. The Morgan fingerprint density at radius 2 is 2.22 bits per heavy atom. The van der Waals surface area contributed by atoms with Crippen molar-refractivity contribution in [3.05, 3.63) is 63.3 Å². The van der Waals surface area contributed by atoms with Crippen molar-refractivity contribution in [2.24, 2.45) is 0 Å². The van der Waals surface area contributed by atoms with Gasteiger partial charge in [0.05, 0.1) is 5.02 Å². The summed E-state index contributed by atoms with van der Waals surface area (Å²) < 4.78 is 0.924. The van der Waals surface area contributed by atoms with Crippen molar-refractivity contribution in [1.29, 1.82) is 0 Å². The number of hydrogen-bond donors (Lipinski definition) is 1. The largest absolute Gasteiger partial charge is 0.306 e. The van der Waals surface area contributed by atoms with Gasteiger partial charge in [0.1, 0.15) is 0 Å². The van der Waals surface area contributed by atoms with E-state index in [0.717, 1.165) is 16.0 Å². The van der Waals surface area contributed by atoms with Crippen molar-refractivity contribution in [3.63, 3.8) is 0 Å². The summed E-state index contributed by atoms with van der Waals surface area (Å²) in [6.07, 6.45) is 3.66. The van der Waals surface area contributed by atoms with Gasteiger partial charge in [0, 0.05) is 29.5 Å². The van der Waals surface area contributed by atoms with E-state index in [4.69, 9.17) is 11.6 Å². The van der Waals surface area contributed by atoms with Crippen molar-refractivity contribution >= 4 is 27.5 Å². The molecule has 1 aromatic heterocycles. The molecule has 18 heavy (non-hydrogen) atoms. The number of nitrogens with one attached hydrogen (secondary N) is 1. The summed E-state index contributed by atoms with van der Waals surface area (Å²) in [6, 6.07) is 10.3. The topological polar surface area (TPSA) is 24.9 Å². The molecule has 0 aliphatic heterocycles. The summed E-state index contributed by atoms with van der Waals surface area (Å²) in [6.45, 7) is 2.90. The zero-order chi connectivity index (χ0) is 13.0. The Bertz CT molecular complexity index is 516. The Balaban J connectivity index is 1.97. The zero-order valence-electron chi connectivity index (χ0n) is 10.0. The Kier molecular flexibility index (Phi) is 4.75. The lowest BCUT2D eigenvalue weighted by molar-refractivity contribution is 0.573. The third kappa shape index (κ3) is 3.55. The predicted molar refractivity (Wildman–Crippen MR) is 78.6 cm³/mol. The average molecular weight is 326 g/mol. The predicted octanol–water partition coefficient (Wildman–Crippen LogP) is 4.35. The minimum atomic E-state index is 0.265. The number of aromatic nitrogens is 1. The first-order valence-corrected chi connectivity index (χ1v) is 6.91. The highest BCUT2D eigenvalue weighted by atomic mass is 79.9. The van der Waals surface area contributed by atoms with Crippen LogP contribution in [0.2, 0.25) is 5.02 Å². The van der Waals surface area contributed by atoms with Crippen LogP contribution in [-0.4, -0.2) is 4.98 Å². The first-order valence-electron chi connectivity index (χ1n) is 5.74. The van der Waals surface area contributed by atoms with E-state index in [2.05, 4.69) is 45.3 Å². The molecule has 4 heteroatoms. The average Bonchev–Trinajstić information content (AvgIpc) is 2.41. The molecule has 2 rings (SSSR count). The van der Waals surface area contributed by atoms with Gasteiger partial charge in [-0.25, -0.2) is 0 Å². The molecule has 2 aromatic rings. The molecule has 1 heterocycles. The molecule has 1 atom stereocenters. The number of benzene rings is 1. The molecule has 0 amide bonds. The number of rotatable bonds is 4. The van der Waals surface area contributed by atoms with Crippen molar-refractivity contribution in [2.45, 2.75) is 19.5 Å². The van der Waals surface area contributed by atoms with Crippen molar-refractivity contribution in [3.8, 4) is 0 Å². The second kappa shape index (κ2) is 6.32. The monoisotopic (exact) mass is 324 g/mol. The van der Waals surface area contributed by atoms with Gasteiger partial charge >= 0.3 is 0 Å². The van der Waals surface area contributed by atoms with Gasteiger partial charge in [0.25, 0.3) is 0 Å². The van der Waals surface area contributed by atoms with Gasteiger partial charge in [0.15, 0.2) is 0 Å². The van der Waals surface area contributed by atoms with Crippen LogP contribution in [0.15, 0.2) is 47.2 Å². The van der Waals surface area contributed by atoms with Crippen LogP contribution in [0.25, 0.3) is 0 Å².